The third kappa shape index (κ3) is 6.68. The lowest BCUT2D eigenvalue weighted by molar-refractivity contribution is -0.123. The van der Waals surface area contributed by atoms with Crippen molar-refractivity contribution in [1.82, 2.24) is 10.7 Å². The van der Waals surface area contributed by atoms with Crippen molar-refractivity contribution in [2.24, 2.45) is 5.10 Å². The predicted molar refractivity (Wildman–Crippen MR) is 104 cm³/mol. The van der Waals surface area contributed by atoms with Crippen molar-refractivity contribution in [3.8, 4) is 0 Å². The van der Waals surface area contributed by atoms with Crippen molar-refractivity contribution in [1.29, 1.82) is 0 Å². The molecule has 2 amide bonds. The van der Waals surface area contributed by atoms with Gasteiger partial charge in [-0.1, -0.05) is 58.4 Å². The van der Waals surface area contributed by atoms with Gasteiger partial charge in [-0.15, -0.1) is 0 Å². The van der Waals surface area contributed by atoms with Gasteiger partial charge in [0, 0.05) is 10.9 Å². The molecule has 0 saturated carbocycles. The fourth-order valence-corrected chi connectivity index (χ4v) is 2.44. The maximum absolute atomic E-state index is 12.4. The zero-order valence-corrected chi connectivity index (χ0v) is 15.9. The Hall–Kier alpha value is -2.67. The molecule has 2 aromatic carbocycles. The number of amides is 2. The van der Waals surface area contributed by atoms with E-state index in [-0.39, 0.29) is 6.61 Å². The lowest BCUT2D eigenvalue weighted by atomic mass is 10.1. The van der Waals surface area contributed by atoms with E-state index < -0.39 is 18.0 Å². The summed E-state index contributed by atoms with van der Waals surface area (Å²) in [6, 6.07) is 16.1. The number of hydrogen-bond donors (Lipinski definition) is 2. The van der Waals surface area contributed by atoms with Crippen molar-refractivity contribution < 1.29 is 14.3 Å². The van der Waals surface area contributed by atoms with Crippen LogP contribution in [-0.4, -0.2) is 30.9 Å². The summed E-state index contributed by atoms with van der Waals surface area (Å²) in [6.07, 6.45) is 1.23. The van der Waals surface area contributed by atoms with E-state index in [1.165, 1.54) is 6.21 Å². The molecule has 0 fully saturated rings. The normalized spacial score (nSPS) is 11.8. The van der Waals surface area contributed by atoms with Crippen LogP contribution >= 0.6 is 15.9 Å². The van der Waals surface area contributed by atoms with Crippen LogP contribution in [0.3, 0.4) is 0 Å². The number of rotatable bonds is 7. The molecular weight excluding hydrogens is 398 g/mol. The number of halogens is 1. The highest BCUT2D eigenvalue weighted by molar-refractivity contribution is 9.10. The summed E-state index contributed by atoms with van der Waals surface area (Å²) in [6.45, 7) is 1.93. The summed E-state index contributed by atoms with van der Waals surface area (Å²) >= 11 is 3.36. The number of hydrogen-bond acceptors (Lipinski definition) is 4. The molecule has 0 spiro atoms. The molecule has 0 heterocycles. The molecule has 0 aromatic heterocycles. The standard InChI is InChI=1S/C19H20BrN3O3/c1-2-26-19(25)22-17(12-14-6-4-3-5-7-14)18(24)23-21-13-15-8-10-16(20)11-9-15/h3-11,13,17H,2,12H2,1H3,(H,22,25)(H,23,24)/b21-13-/t17-/m0/s1. The average Bonchev–Trinajstić information content (AvgIpc) is 2.64. The van der Waals surface area contributed by atoms with E-state index in [2.05, 4.69) is 31.8 Å². The molecule has 0 unspecified atom stereocenters. The molecule has 2 aromatic rings. The SMILES string of the molecule is CCOC(=O)N[C@@H](Cc1ccccc1)C(=O)N/N=C\c1ccc(Br)cc1. The second-order valence-corrected chi connectivity index (χ2v) is 6.31. The summed E-state index contributed by atoms with van der Waals surface area (Å²) in [5, 5.41) is 6.52. The van der Waals surface area contributed by atoms with Gasteiger partial charge in [-0.2, -0.15) is 5.10 Å². The Morgan fingerprint density at radius 2 is 1.85 bits per heavy atom. The van der Waals surface area contributed by atoms with Gasteiger partial charge in [-0.3, -0.25) is 4.79 Å². The van der Waals surface area contributed by atoms with Gasteiger partial charge in [-0.25, -0.2) is 10.2 Å². The Labute approximate surface area is 160 Å². The molecule has 1 atom stereocenters. The first-order valence-electron chi connectivity index (χ1n) is 8.14. The van der Waals surface area contributed by atoms with Crippen molar-refractivity contribution in [2.75, 3.05) is 6.61 Å². The molecule has 6 nitrogen and oxygen atoms in total. The summed E-state index contributed by atoms with van der Waals surface area (Å²) in [5.41, 5.74) is 4.22. The Morgan fingerprint density at radius 1 is 1.15 bits per heavy atom. The number of ether oxygens (including phenoxy) is 1. The van der Waals surface area contributed by atoms with Crippen molar-refractivity contribution >= 4 is 34.1 Å². The Kier molecular flexibility index (Phi) is 7.82. The number of alkyl carbamates (subject to hydrolysis) is 1. The quantitative estimate of drug-likeness (QED) is 0.535. The number of benzene rings is 2. The number of hydrazone groups is 1. The maximum atomic E-state index is 12.4. The monoisotopic (exact) mass is 417 g/mol. The van der Waals surface area contributed by atoms with Gasteiger partial charge in [0.15, 0.2) is 0 Å². The van der Waals surface area contributed by atoms with E-state index in [0.29, 0.717) is 6.42 Å². The summed E-state index contributed by atoms with van der Waals surface area (Å²) in [7, 11) is 0. The smallest absolute Gasteiger partial charge is 0.407 e. The molecule has 7 heteroatoms. The van der Waals surface area contributed by atoms with E-state index in [4.69, 9.17) is 4.74 Å². The van der Waals surface area contributed by atoms with Crippen molar-refractivity contribution in [3.63, 3.8) is 0 Å². The topological polar surface area (TPSA) is 79.8 Å². The molecule has 0 bridgehead atoms. The van der Waals surface area contributed by atoms with E-state index in [0.717, 1.165) is 15.6 Å². The van der Waals surface area contributed by atoms with E-state index >= 15 is 0 Å². The highest BCUT2D eigenvalue weighted by Gasteiger charge is 2.21. The van der Waals surface area contributed by atoms with E-state index in [1.54, 1.807) is 6.92 Å². The summed E-state index contributed by atoms with van der Waals surface area (Å²) in [4.78, 5) is 24.1. The largest absolute Gasteiger partial charge is 0.450 e. The molecule has 0 aliphatic carbocycles. The molecule has 136 valence electrons. The first kappa shape index (κ1) is 19.7. The summed E-state index contributed by atoms with van der Waals surface area (Å²) in [5.74, 6) is -0.421. The molecule has 2 N–H and O–H groups in total. The Balaban J connectivity index is 2.01. The Morgan fingerprint density at radius 3 is 2.50 bits per heavy atom. The van der Waals surface area contributed by atoms with Crippen LogP contribution in [-0.2, 0) is 16.0 Å². The molecule has 0 aliphatic heterocycles. The molecule has 2 rings (SSSR count). The molecule has 26 heavy (non-hydrogen) atoms. The van der Waals surface area contributed by atoms with E-state index in [9.17, 15) is 9.59 Å². The van der Waals surface area contributed by atoms with Crippen LogP contribution in [0.1, 0.15) is 18.1 Å². The van der Waals surface area contributed by atoms with Crippen LogP contribution in [0.4, 0.5) is 4.79 Å². The molecular formula is C19H20BrN3O3. The lowest BCUT2D eigenvalue weighted by Crippen LogP contribution is -2.47. The van der Waals surface area contributed by atoms with Crippen LogP contribution in [0, 0.1) is 0 Å². The van der Waals surface area contributed by atoms with Gasteiger partial charge in [0.1, 0.15) is 6.04 Å². The fraction of sp³-hybridized carbons (Fsp3) is 0.211. The highest BCUT2D eigenvalue weighted by atomic mass is 79.9. The van der Waals surface area contributed by atoms with Gasteiger partial charge in [0.05, 0.1) is 12.8 Å². The fourth-order valence-electron chi connectivity index (χ4n) is 2.17. The van der Waals surface area contributed by atoms with Gasteiger partial charge in [-0.05, 0) is 30.2 Å². The lowest BCUT2D eigenvalue weighted by Gasteiger charge is -2.16. The average molecular weight is 418 g/mol. The van der Waals surface area contributed by atoms with Gasteiger partial charge >= 0.3 is 6.09 Å². The predicted octanol–water partition coefficient (Wildman–Crippen LogP) is 3.26. The van der Waals surface area contributed by atoms with Gasteiger partial charge < -0.3 is 10.1 Å². The van der Waals surface area contributed by atoms with Gasteiger partial charge in [0.25, 0.3) is 5.91 Å². The third-order valence-corrected chi connectivity index (χ3v) is 3.95. The van der Waals surface area contributed by atoms with Crippen LogP contribution < -0.4 is 10.7 Å². The van der Waals surface area contributed by atoms with Crippen molar-refractivity contribution in [2.45, 2.75) is 19.4 Å². The zero-order valence-electron chi connectivity index (χ0n) is 14.3. The minimum absolute atomic E-state index is 0.229. The highest BCUT2D eigenvalue weighted by Crippen LogP contribution is 2.09. The van der Waals surface area contributed by atoms with Crippen LogP contribution in [0.2, 0.25) is 0 Å². The number of nitrogens with zero attached hydrogens (tertiary/aromatic N) is 1. The molecule has 0 aliphatic rings. The minimum atomic E-state index is -0.793. The number of carbonyl (C=O) groups excluding carboxylic acids is 2. The molecule has 0 radical (unpaired) electrons. The minimum Gasteiger partial charge on any atom is -0.450 e. The number of nitrogens with one attached hydrogen (secondary N) is 2. The summed E-state index contributed by atoms with van der Waals surface area (Å²) < 4.78 is 5.83. The number of carbonyl (C=O) groups is 2. The van der Waals surface area contributed by atoms with Gasteiger partial charge in [0.2, 0.25) is 0 Å². The zero-order chi connectivity index (χ0) is 18.8. The second kappa shape index (κ2) is 10.4. The molecule has 0 saturated heterocycles. The second-order valence-electron chi connectivity index (χ2n) is 5.39. The van der Waals surface area contributed by atoms with Crippen molar-refractivity contribution in [3.05, 3.63) is 70.2 Å². The van der Waals surface area contributed by atoms with Crippen LogP contribution in [0.5, 0.6) is 0 Å². The maximum Gasteiger partial charge on any atom is 0.407 e. The van der Waals surface area contributed by atoms with Crippen LogP contribution in [0.25, 0.3) is 0 Å². The Bertz CT molecular complexity index is 748. The third-order valence-electron chi connectivity index (χ3n) is 3.43. The van der Waals surface area contributed by atoms with Crippen LogP contribution in [0.15, 0.2) is 64.2 Å². The van der Waals surface area contributed by atoms with E-state index in [1.807, 2.05) is 54.6 Å². The first-order valence-corrected chi connectivity index (χ1v) is 8.93. The first-order chi connectivity index (χ1) is 12.6.